The monoisotopic (exact) mass is 239 g/mol. The third kappa shape index (κ3) is 3.24. The average molecular weight is 239 g/mol. The summed E-state index contributed by atoms with van der Waals surface area (Å²) in [6.45, 7) is 6.86. The highest BCUT2D eigenvalue weighted by Crippen LogP contribution is 2.03. The van der Waals surface area contributed by atoms with E-state index in [1.807, 2.05) is 6.92 Å². The van der Waals surface area contributed by atoms with Crippen molar-refractivity contribution in [1.82, 2.24) is 25.7 Å². The van der Waals surface area contributed by atoms with Gasteiger partial charge in [0.05, 0.1) is 6.54 Å². The summed E-state index contributed by atoms with van der Waals surface area (Å²) >= 11 is 0. The second-order valence-electron chi connectivity index (χ2n) is 3.90. The van der Waals surface area contributed by atoms with E-state index in [2.05, 4.69) is 25.7 Å². The fraction of sp³-hybridized carbons (Fsp3) is 0.700. The first-order chi connectivity index (χ1) is 8.29. The maximum atomic E-state index is 11.4. The number of carbonyl (C=O) groups excluding carboxylic acids is 1. The van der Waals surface area contributed by atoms with E-state index in [1.165, 1.54) is 0 Å². The molecule has 94 valence electrons. The number of rotatable bonds is 4. The summed E-state index contributed by atoms with van der Waals surface area (Å²) in [5.41, 5.74) is 0. The summed E-state index contributed by atoms with van der Waals surface area (Å²) in [6, 6.07) is 0. The van der Waals surface area contributed by atoms with Crippen molar-refractivity contribution in [3.8, 4) is 0 Å². The largest absolute Gasteiger partial charge is 0.349 e. The molecule has 2 heterocycles. The summed E-state index contributed by atoms with van der Waals surface area (Å²) in [7, 11) is 0. The number of hydrogen-bond acceptors (Lipinski definition) is 6. The zero-order chi connectivity index (χ0) is 12.1. The third-order valence-corrected chi connectivity index (χ3v) is 2.58. The van der Waals surface area contributed by atoms with Gasteiger partial charge in [-0.25, -0.2) is 0 Å². The van der Waals surface area contributed by atoms with Gasteiger partial charge in [0.1, 0.15) is 0 Å². The quantitative estimate of drug-likeness (QED) is 0.717. The van der Waals surface area contributed by atoms with Crippen LogP contribution in [0.1, 0.15) is 23.4 Å². The Labute approximate surface area is 99.6 Å². The molecule has 0 atom stereocenters. The molecular weight excluding hydrogens is 222 g/mol. The predicted octanol–water partition coefficient (Wildman–Crippen LogP) is -0.775. The molecule has 1 aliphatic heterocycles. The van der Waals surface area contributed by atoms with Gasteiger partial charge < -0.3 is 15.2 Å². The molecule has 2 rings (SSSR count). The lowest BCUT2D eigenvalue weighted by Gasteiger charge is -2.25. The molecule has 1 aliphatic rings. The van der Waals surface area contributed by atoms with Gasteiger partial charge in [0, 0.05) is 32.7 Å². The highest BCUT2D eigenvalue weighted by atomic mass is 16.5. The maximum absolute atomic E-state index is 11.4. The Hall–Kier alpha value is -1.47. The Kier molecular flexibility index (Phi) is 4.05. The normalized spacial score (nSPS) is 17.0. The van der Waals surface area contributed by atoms with E-state index in [9.17, 15) is 4.79 Å². The van der Waals surface area contributed by atoms with Gasteiger partial charge in [-0.05, 0) is 6.92 Å². The van der Waals surface area contributed by atoms with Crippen molar-refractivity contribution in [2.45, 2.75) is 13.5 Å². The number of aromatic nitrogens is 2. The third-order valence-electron chi connectivity index (χ3n) is 2.58. The van der Waals surface area contributed by atoms with Crippen LogP contribution >= 0.6 is 0 Å². The van der Waals surface area contributed by atoms with Crippen LogP contribution in [0.5, 0.6) is 0 Å². The van der Waals surface area contributed by atoms with E-state index in [-0.39, 0.29) is 11.7 Å². The lowest BCUT2D eigenvalue weighted by Crippen LogP contribution is -2.42. The molecule has 1 aromatic rings. The summed E-state index contributed by atoms with van der Waals surface area (Å²) in [5.74, 6) is 0.313. The van der Waals surface area contributed by atoms with Gasteiger partial charge in [-0.1, -0.05) is 5.16 Å². The van der Waals surface area contributed by atoms with Crippen LogP contribution in [-0.2, 0) is 6.54 Å². The fourth-order valence-corrected chi connectivity index (χ4v) is 1.71. The first-order valence-electron chi connectivity index (χ1n) is 5.83. The molecule has 17 heavy (non-hydrogen) atoms. The molecule has 2 N–H and O–H groups in total. The van der Waals surface area contributed by atoms with Crippen molar-refractivity contribution in [3.63, 3.8) is 0 Å². The number of nitrogens with one attached hydrogen (secondary N) is 2. The van der Waals surface area contributed by atoms with Crippen LogP contribution < -0.4 is 10.6 Å². The minimum absolute atomic E-state index is 0.108. The minimum atomic E-state index is -0.289. The number of hydrogen-bond donors (Lipinski definition) is 2. The molecule has 0 saturated carbocycles. The Bertz CT molecular complexity index is 373. The van der Waals surface area contributed by atoms with Crippen molar-refractivity contribution < 1.29 is 9.32 Å². The summed E-state index contributed by atoms with van der Waals surface area (Å²) < 4.78 is 5.05. The van der Waals surface area contributed by atoms with Gasteiger partial charge >= 0.3 is 0 Å². The van der Waals surface area contributed by atoms with E-state index in [0.29, 0.717) is 19.0 Å². The first-order valence-corrected chi connectivity index (χ1v) is 5.83. The van der Waals surface area contributed by atoms with Crippen molar-refractivity contribution in [2.24, 2.45) is 0 Å². The Morgan fingerprint density at radius 1 is 1.53 bits per heavy atom. The summed E-state index contributed by atoms with van der Waals surface area (Å²) in [5, 5.41) is 9.56. The van der Waals surface area contributed by atoms with Crippen LogP contribution in [0.4, 0.5) is 0 Å². The van der Waals surface area contributed by atoms with E-state index in [1.54, 1.807) is 0 Å². The van der Waals surface area contributed by atoms with Crippen LogP contribution in [-0.4, -0.2) is 53.7 Å². The molecule has 1 amide bonds. The molecule has 1 aromatic heterocycles. The van der Waals surface area contributed by atoms with Gasteiger partial charge in [-0.3, -0.25) is 9.69 Å². The summed E-state index contributed by atoms with van der Waals surface area (Å²) in [6.07, 6.45) is 0. The van der Waals surface area contributed by atoms with Crippen molar-refractivity contribution >= 4 is 5.91 Å². The van der Waals surface area contributed by atoms with E-state index < -0.39 is 0 Å². The van der Waals surface area contributed by atoms with Crippen molar-refractivity contribution in [2.75, 3.05) is 32.7 Å². The van der Waals surface area contributed by atoms with Crippen LogP contribution in [0.25, 0.3) is 0 Å². The number of carbonyl (C=O) groups is 1. The van der Waals surface area contributed by atoms with E-state index in [4.69, 9.17) is 4.52 Å². The maximum Gasteiger partial charge on any atom is 0.292 e. The lowest BCUT2D eigenvalue weighted by molar-refractivity contribution is 0.0942. The van der Waals surface area contributed by atoms with Gasteiger partial charge in [-0.2, -0.15) is 4.98 Å². The fourth-order valence-electron chi connectivity index (χ4n) is 1.71. The van der Waals surface area contributed by atoms with Gasteiger partial charge in [0.25, 0.3) is 11.7 Å². The van der Waals surface area contributed by atoms with Gasteiger partial charge in [0.15, 0.2) is 0 Å². The minimum Gasteiger partial charge on any atom is -0.349 e. The lowest BCUT2D eigenvalue weighted by atomic mass is 10.3. The number of nitrogens with zero attached hydrogens (tertiary/aromatic N) is 3. The van der Waals surface area contributed by atoms with Crippen LogP contribution in [0.2, 0.25) is 0 Å². The Balaban J connectivity index is 1.91. The number of amides is 1. The second kappa shape index (κ2) is 5.74. The zero-order valence-corrected chi connectivity index (χ0v) is 9.90. The number of piperazine rings is 1. The molecule has 1 saturated heterocycles. The molecule has 0 aliphatic carbocycles. The molecule has 0 bridgehead atoms. The molecule has 0 unspecified atom stereocenters. The Morgan fingerprint density at radius 2 is 2.29 bits per heavy atom. The molecule has 0 spiro atoms. The van der Waals surface area contributed by atoms with Gasteiger partial charge in [-0.15, -0.1) is 0 Å². The van der Waals surface area contributed by atoms with Gasteiger partial charge in [0.2, 0.25) is 5.89 Å². The van der Waals surface area contributed by atoms with Crippen LogP contribution in [0.15, 0.2) is 4.52 Å². The smallest absolute Gasteiger partial charge is 0.292 e. The van der Waals surface area contributed by atoms with Crippen molar-refractivity contribution in [3.05, 3.63) is 11.7 Å². The molecule has 7 heteroatoms. The highest BCUT2D eigenvalue weighted by molar-refractivity contribution is 5.90. The molecule has 1 fully saturated rings. The van der Waals surface area contributed by atoms with Crippen molar-refractivity contribution in [1.29, 1.82) is 0 Å². The van der Waals surface area contributed by atoms with Crippen LogP contribution in [0.3, 0.4) is 0 Å². The summed E-state index contributed by atoms with van der Waals surface area (Å²) in [4.78, 5) is 17.7. The average Bonchev–Trinajstić information content (AvgIpc) is 2.79. The highest BCUT2D eigenvalue weighted by Gasteiger charge is 2.17. The van der Waals surface area contributed by atoms with E-state index in [0.717, 1.165) is 26.2 Å². The topological polar surface area (TPSA) is 83.3 Å². The SMILES string of the molecule is CCNC(=O)c1noc(CN2CCNCC2)n1. The van der Waals surface area contributed by atoms with Crippen LogP contribution in [0, 0.1) is 0 Å². The molecular formula is C10H17N5O2. The zero-order valence-electron chi connectivity index (χ0n) is 9.90. The second-order valence-corrected chi connectivity index (χ2v) is 3.90. The molecule has 0 radical (unpaired) electrons. The molecule has 7 nitrogen and oxygen atoms in total. The van der Waals surface area contributed by atoms with E-state index >= 15 is 0 Å². The Morgan fingerprint density at radius 3 is 3.00 bits per heavy atom. The molecule has 0 aromatic carbocycles. The predicted molar refractivity (Wildman–Crippen MR) is 60.5 cm³/mol. The first kappa shape index (κ1) is 12.0. The standard InChI is InChI=1S/C10H17N5O2/c1-2-12-10(16)9-13-8(17-14-9)7-15-5-3-11-4-6-15/h11H,2-7H2,1H3,(H,12,16).